The van der Waals surface area contributed by atoms with Gasteiger partial charge in [-0.1, -0.05) is 36.4 Å². The van der Waals surface area contributed by atoms with Gasteiger partial charge in [0.2, 0.25) is 6.54 Å². The van der Waals surface area contributed by atoms with E-state index in [9.17, 15) is 9.18 Å². The van der Waals surface area contributed by atoms with E-state index in [-0.39, 0.29) is 49.3 Å². The number of hydrogen-bond donors (Lipinski definition) is 0. The zero-order valence-corrected chi connectivity index (χ0v) is 24.9. The van der Waals surface area contributed by atoms with Gasteiger partial charge in [0.1, 0.15) is 24.0 Å². The second kappa shape index (κ2) is 12.3. The molecule has 2 aromatic heterocycles. The van der Waals surface area contributed by atoms with Gasteiger partial charge >= 0.3 is 6.01 Å². The molecule has 0 unspecified atom stereocenters. The number of carbonyl (C=O) groups is 1. The Bertz CT molecular complexity index is 1810. The topological polar surface area (TPSA) is 79.1 Å². The van der Waals surface area contributed by atoms with Crippen molar-refractivity contribution >= 4 is 45.0 Å². The van der Waals surface area contributed by atoms with Crippen molar-refractivity contribution in [2.24, 2.45) is 0 Å². The third-order valence-electron chi connectivity index (χ3n) is 8.44. The number of likely N-dealkylation sites (tertiary alicyclic amines) is 1. The number of aromatic nitrogens is 3. The summed E-state index contributed by atoms with van der Waals surface area (Å²) >= 11 is 6.56. The summed E-state index contributed by atoms with van der Waals surface area (Å²) in [7, 11) is 2.04. The number of hydrogen-bond acceptors (Lipinski definition) is 7. The first kappa shape index (κ1) is 29.7. The van der Waals surface area contributed by atoms with Crippen molar-refractivity contribution in [3.05, 3.63) is 77.4 Å². The van der Waals surface area contributed by atoms with Gasteiger partial charge in [0, 0.05) is 70.4 Å². The van der Waals surface area contributed by atoms with Crippen molar-refractivity contribution in [2.45, 2.75) is 24.9 Å². The van der Waals surface area contributed by atoms with E-state index in [1.807, 2.05) is 24.1 Å². The molecule has 2 atom stereocenters. The standard InChI is InChI=1S/C32H30ClF2N7O2/c1-19(34)31(43)42-13-12-41(17-22(42)15-36-2)30-24-10-9-23(25-16-37-14-20-6-4-8-26(33)27(20)25)28(35)29(24)38-32(39-30)44-18-21-7-5-11-40(21)3/h4,6,8-10,14,16,21-22H,1,5,7,11-13,15,17-18H2,3H3/t21-,22-/m0/s1. The highest BCUT2D eigenvalue weighted by Gasteiger charge is 2.35. The molecular formula is C32H30ClF2N7O2. The second-order valence-corrected chi connectivity index (χ2v) is 11.5. The number of carbonyl (C=O) groups excluding carboxylic acids is 1. The first-order valence-corrected chi connectivity index (χ1v) is 14.7. The number of pyridine rings is 1. The number of anilines is 1. The van der Waals surface area contributed by atoms with Crippen molar-refractivity contribution in [1.82, 2.24) is 24.8 Å². The van der Waals surface area contributed by atoms with Gasteiger partial charge in [-0.05, 0) is 38.6 Å². The Balaban J connectivity index is 1.45. The maximum absolute atomic E-state index is 16.6. The van der Waals surface area contributed by atoms with Crippen LogP contribution in [0.4, 0.5) is 14.6 Å². The molecule has 2 aliphatic heterocycles. The zero-order valence-electron chi connectivity index (χ0n) is 24.1. The van der Waals surface area contributed by atoms with Crippen LogP contribution < -0.4 is 9.64 Å². The predicted molar refractivity (Wildman–Crippen MR) is 166 cm³/mol. The predicted octanol–water partition coefficient (Wildman–Crippen LogP) is 5.53. The fourth-order valence-corrected chi connectivity index (χ4v) is 6.41. The molecule has 44 heavy (non-hydrogen) atoms. The Morgan fingerprint density at radius 2 is 2.00 bits per heavy atom. The molecule has 0 aliphatic carbocycles. The summed E-state index contributed by atoms with van der Waals surface area (Å²) in [6.07, 6.45) is 5.29. The molecule has 226 valence electrons. The summed E-state index contributed by atoms with van der Waals surface area (Å²) in [6.45, 7) is 12.4. The number of likely N-dealkylation sites (N-methyl/N-ethyl adjacent to an activating group) is 1. The van der Waals surface area contributed by atoms with Crippen LogP contribution in [0.15, 0.2) is 55.1 Å². The van der Waals surface area contributed by atoms with E-state index in [1.165, 1.54) is 4.90 Å². The van der Waals surface area contributed by atoms with Crippen molar-refractivity contribution in [1.29, 1.82) is 0 Å². The van der Waals surface area contributed by atoms with E-state index in [4.69, 9.17) is 27.9 Å². The monoisotopic (exact) mass is 617 g/mol. The molecule has 0 radical (unpaired) electrons. The van der Waals surface area contributed by atoms with Crippen LogP contribution in [0.5, 0.6) is 6.01 Å². The van der Waals surface area contributed by atoms with E-state index in [0.29, 0.717) is 33.8 Å². The fourth-order valence-electron chi connectivity index (χ4n) is 6.13. The van der Waals surface area contributed by atoms with E-state index in [1.54, 1.807) is 30.6 Å². The van der Waals surface area contributed by atoms with Crippen molar-refractivity contribution < 1.29 is 18.3 Å². The largest absolute Gasteiger partial charge is 0.462 e. The van der Waals surface area contributed by atoms with Crippen LogP contribution in [0.25, 0.3) is 37.6 Å². The van der Waals surface area contributed by atoms with Gasteiger partial charge in [-0.15, -0.1) is 0 Å². The molecule has 12 heteroatoms. The Morgan fingerprint density at radius 1 is 1.16 bits per heavy atom. The molecule has 0 saturated carbocycles. The number of piperazine rings is 1. The molecule has 4 aromatic rings. The van der Waals surface area contributed by atoms with Gasteiger partial charge < -0.3 is 24.3 Å². The maximum atomic E-state index is 16.6. The molecule has 0 bridgehead atoms. The minimum atomic E-state index is -1.08. The fraction of sp³-hybridized carbons (Fsp3) is 0.344. The molecule has 1 amide bonds. The molecule has 6 rings (SSSR count). The zero-order chi connectivity index (χ0) is 31.0. The Morgan fingerprint density at radius 3 is 2.75 bits per heavy atom. The molecule has 2 aliphatic rings. The lowest BCUT2D eigenvalue weighted by molar-refractivity contribution is -0.131. The highest BCUT2D eigenvalue weighted by molar-refractivity contribution is 6.36. The van der Waals surface area contributed by atoms with Gasteiger partial charge in [0.25, 0.3) is 5.91 Å². The van der Waals surface area contributed by atoms with Gasteiger partial charge in [0.05, 0.1) is 0 Å². The minimum Gasteiger partial charge on any atom is -0.462 e. The number of amides is 1. The summed E-state index contributed by atoms with van der Waals surface area (Å²) in [5.41, 5.74) is 0.861. The number of ether oxygens (including phenoxy) is 1. The third-order valence-corrected chi connectivity index (χ3v) is 8.76. The third kappa shape index (κ3) is 5.51. The molecule has 0 spiro atoms. The molecule has 0 N–H and O–H groups in total. The SMILES string of the molecule is [C-]#[N+]C[C@H]1CN(c2nc(OC[C@@H]3CCCN3C)nc3c(F)c(-c4cncc5cccc(Cl)c45)ccc23)CCN1C(=O)C(=C)F. The van der Waals surface area contributed by atoms with Gasteiger partial charge in [0.15, 0.2) is 11.6 Å². The van der Waals surface area contributed by atoms with Gasteiger partial charge in [-0.25, -0.2) is 15.4 Å². The highest BCUT2D eigenvalue weighted by atomic mass is 35.5. The summed E-state index contributed by atoms with van der Waals surface area (Å²) in [5, 5.41) is 2.36. The second-order valence-electron chi connectivity index (χ2n) is 11.1. The van der Waals surface area contributed by atoms with Crippen LogP contribution >= 0.6 is 11.6 Å². The molecule has 9 nitrogen and oxygen atoms in total. The van der Waals surface area contributed by atoms with Crippen molar-refractivity contribution in [2.75, 3.05) is 51.3 Å². The summed E-state index contributed by atoms with van der Waals surface area (Å²) in [4.78, 5) is 34.9. The average molecular weight is 618 g/mol. The first-order valence-electron chi connectivity index (χ1n) is 14.4. The maximum Gasteiger partial charge on any atom is 0.319 e. The lowest BCUT2D eigenvalue weighted by atomic mass is 9.99. The normalized spacial score (nSPS) is 19.0. The Labute approximate surface area is 258 Å². The van der Waals surface area contributed by atoms with Crippen LogP contribution in [0.3, 0.4) is 0 Å². The van der Waals surface area contributed by atoms with Crippen LogP contribution in [-0.4, -0.2) is 89.1 Å². The van der Waals surface area contributed by atoms with E-state index < -0.39 is 23.6 Å². The molecule has 2 aromatic carbocycles. The number of benzene rings is 2. The summed E-state index contributed by atoms with van der Waals surface area (Å²) in [6, 6.07) is 8.43. The quantitative estimate of drug-likeness (QED) is 0.199. The van der Waals surface area contributed by atoms with Crippen molar-refractivity contribution in [3.63, 3.8) is 0 Å². The number of nitrogens with zero attached hydrogens (tertiary/aromatic N) is 7. The van der Waals surface area contributed by atoms with E-state index in [2.05, 4.69) is 26.3 Å². The molecule has 2 saturated heterocycles. The number of rotatable bonds is 7. The lowest BCUT2D eigenvalue weighted by Crippen LogP contribution is -2.56. The van der Waals surface area contributed by atoms with Crippen LogP contribution in [0.1, 0.15) is 12.8 Å². The first-order chi connectivity index (χ1) is 21.3. The number of halogens is 3. The van der Waals surface area contributed by atoms with Crippen LogP contribution in [-0.2, 0) is 4.79 Å². The smallest absolute Gasteiger partial charge is 0.319 e. The van der Waals surface area contributed by atoms with E-state index >= 15 is 4.39 Å². The van der Waals surface area contributed by atoms with Crippen LogP contribution in [0, 0.1) is 12.4 Å². The van der Waals surface area contributed by atoms with E-state index in [0.717, 1.165) is 24.8 Å². The van der Waals surface area contributed by atoms with Gasteiger partial charge in [-0.2, -0.15) is 9.97 Å². The molecule has 2 fully saturated rings. The van der Waals surface area contributed by atoms with Crippen molar-refractivity contribution in [3.8, 4) is 17.1 Å². The Kier molecular flexibility index (Phi) is 8.29. The van der Waals surface area contributed by atoms with Crippen LogP contribution in [0.2, 0.25) is 5.02 Å². The van der Waals surface area contributed by atoms with Gasteiger partial charge in [-0.3, -0.25) is 9.78 Å². The molecule has 4 heterocycles. The summed E-state index contributed by atoms with van der Waals surface area (Å²) < 4.78 is 36.5. The average Bonchev–Trinajstić information content (AvgIpc) is 3.44. The lowest BCUT2D eigenvalue weighted by Gasteiger charge is -2.39. The minimum absolute atomic E-state index is 0.0234. The highest BCUT2D eigenvalue weighted by Crippen LogP contribution is 2.38. The summed E-state index contributed by atoms with van der Waals surface area (Å²) in [5.74, 6) is -2.09. The molecular weight excluding hydrogens is 588 g/mol. The number of fused-ring (bicyclic) bond motifs is 2. The Hall–Kier alpha value is -4.40.